The van der Waals surface area contributed by atoms with Crippen molar-refractivity contribution in [2.24, 2.45) is 0 Å². The lowest BCUT2D eigenvalue weighted by Crippen LogP contribution is -2.44. The molecule has 1 aliphatic rings. The smallest absolute Gasteiger partial charge is 0.410 e. The van der Waals surface area contributed by atoms with E-state index in [4.69, 9.17) is 21.1 Å². The van der Waals surface area contributed by atoms with Crippen molar-refractivity contribution in [1.82, 2.24) is 14.9 Å². The first-order valence-corrected chi connectivity index (χ1v) is 7.76. The standard InChI is InChI=1S/C15H22ClN3O3/c1-10-13(16)18-12(9-17-10)21-11-5-7-19(8-6-11)14(20)22-15(2,3)4/h9,11H,5-8H2,1-4H3. The van der Waals surface area contributed by atoms with E-state index in [1.54, 1.807) is 18.0 Å². The summed E-state index contributed by atoms with van der Waals surface area (Å²) in [5.74, 6) is 0.423. The van der Waals surface area contributed by atoms with Crippen LogP contribution in [0.1, 0.15) is 39.3 Å². The first-order chi connectivity index (χ1) is 10.2. The Morgan fingerprint density at radius 2 is 2.00 bits per heavy atom. The van der Waals surface area contributed by atoms with Crippen LogP contribution < -0.4 is 4.74 Å². The van der Waals surface area contributed by atoms with Crippen molar-refractivity contribution in [3.05, 3.63) is 17.0 Å². The SMILES string of the molecule is Cc1ncc(OC2CCN(C(=O)OC(C)(C)C)CC2)nc1Cl. The van der Waals surface area contributed by atoms with E-state index < -0.39 is 5.60 Å². The van der Waals surface area contributed by atoms with Crippen molar-refractivity contribution in [1.29, 1.82) is 0 Å². The van der Waals surface area contributed by atoms with E-state index in [0.717, 1.165) is 12.8 Å². The van der Waals surface area contributed by atoms with Gasteiger partial charge < -0.3 is 14.4 Å². The number of aromatic nitrogens is 2. The molecule has 7 heteroatoms. The highest BCUT2D eigenvalue weighted by atomic mass is 35.5. The van der Waals surface area contributed by atoms with Crippen molar-refractivity contribution >= 4 is 17.7 Å². The lowest BCUT2D eigenvalue weighted by Gasteiger charge is -2.33. The van der Waals surface area contributed by atoms with Gasteiger partial charge in [-0.25, -0.2) is 4.79 Å². The number of ether oxygens (including phenoxy) is 2. The first-order valence-electron chi connectivity index (χ1n) is 7.38. The summed E-state index contributed by atoms with van der Waals surface area (Å²) in [6.07, 6.45) is 2.76. The maximum Gasteiger partial charge on any atom is 0.410 e. The lowest BCUT2D eigenvalue weighted by molar-refractivity contribution is 0.0122. The zero-order chi connectivity index (χ0) is 16.3. The number of hydrogen-bond acceptors (Lipinski definition) is 5. The van der Waals surface area contributed by atoms with Gasteiger partial charge in [-0.2, -0.15) is 4.98 Å². The monoisotopic (exact) mass is 327 g/mol. The Labute approximate surface area is 135 Å². The second kappa shape index (κ2) is 6.69. The highest BCUT2D eigenvalue weighted by molar-refractivity contribution is 6.30. The fraction of sp³-hybridized carbons (Fsp3) is 0.667. The fourth-order valence-electron chi connectivity index (χ4n) is 2.12. The average Bonchev–Trinajstić information content (AvgIpc) is 2.42. The molecule has 0 unspecified atom stereocenters. The topological polar surface area (TPSA) is 64.5 Å². The first kappa shape index (κ1) is 16.8. The van der Waals surface area contributed by atoms with Crippen LogP contribution in [-0.4, -0.2) is 45.8 Å². The Morgan fingerprint density at radius 1 is 1.36 bits per heavy atom. The zero-order valence-corrected chi connectivity index (χ0v) is 14.2. The highest BCUT2D eigenvalue weighted by Crippen LogP contribution is 2.20. The van der Waals surface area contributed by atoms with Gasteiger partial charge in [-0.05, 0) is 27.7 Å². The predicted octanol–water partition coefficient (Wildman–Crippen LogP) is 3.22. The van der Waals surface area contributed by atoms with Gasteiger partial charge in [0.2, 0.25) is 5.88 Å². The van der Waals surface area contributed by atoms with Crippen molar-refractivity contribution < 1.29 is 14.3 Å². The number of carbonyl (C=O) groups is 1. The Morgan fingerprint density at radius 3 is 2.55 bits per heavy atom. The van der Waals surface area contributed by atoms with Gasteiger partial charge in [0.15, 0.2) is 5.15 Å². The average molecular weight is 328 g/mol. The molecule has 0 radical (unpaired) electrons. The molecule has 0 spiro atoms. The van der Waals surface area contributed by atoms with Crippen LogP contribution in [0.3, 0.4) is 0 Å². The Balaban J connectivity index is 1.84. The minimum atomic E-state index is -0.474. The largest absolute Gasteiger partial charge is 0.473 e. The summed E-state index contributed by atoms with van der Waals surface area (Å²) in [5, 5.41) is 0.351. The molecule has 1 fully saturated rings. The molecule has 0 aliphatic carbocycles. The van der Waals surface area contributed by atoms with Crippen molar-refractivity contribution in [3.63, 3.8) is 0 Å². The number of halogens is 1. The van der Waals surface area contributed by atoms with E-state index in [9.17, 15) is 4.79 Å². The van der Waals surface area contributed by atoms with Gasteiger partial charge in [0.1, 0.15) is 11.7 Å². The normalized spacial score (nSPS) is 16.5. The summed E-state index contributed by atoms with van der Waals surface area (Å²) in [6, 6.07) is 0. The van der Waals surface area contributed by atoms with Crippen LogP contribution in [0.5, 0.6) is 5.88 Å². The van der Waals surface area contributed by atoms with E-state index in [1.165, 1.54) is 0 Å². The van der Waals surface area contributed by atoms with Crippen molar-refractivity contribution in [2.45, 2.75) is 52.2 Å². The molecule has 0 bridgehead atoms. The van der Waals surface area contributed by atoms with Crippen LogP contribution in [0, 0.1) is 6.92 Å². The molecule has 1 amide bonds. The van der Waals surface area contributed by atoms with Crippen molar-refractivity contribution in [2.75, 3.05) is 13.1 Å². The van der Waals surface area contributed by atoms with Gasteiger partial charge in [0.25, 0.3) is 0 Å². The van der Waals surface area contributed by atoms with E-state index in [0.29, 0.717) is 29.8 Å². The number of piperidine rings is 1. The zero-order valence-electron chi connectivity index (χ0n) is 13.4. The van der Waals surface area contributed by atoms with Crippen LogP contribution in [0.25, 0.3) is 0 Å². The molecule has 2 heterocycles. The van der Waals surface area contributed by atoms with Gasteiger partial charge in [0, 0.05) is 25.9 Å². The third kappa shape index (κ3) is 4.73. The minimum Gasteiger partial charge on any atom is -0.473 e. The molecule has 2 rings (SSSR count). The molecule has 0 N–H and O–H groups in total. The number of likely N-dealkylation sites (tertiary alicyclic amines) is 1. The predicted molar refractivity (Wildman–Crippen MR) is 83.2 cm³/mol. The fourth-order valence-corrected chi connectivity index (χ4v) is 2.25. The Kier molecular flexibility index (Phi) is 5.11. The van der Waals surface area contributed by atoms with E-state index in [1.807, 2.05) is 20.8 Å². The number of rotatable bonds is 2. The van der Waals surface area contributed by atoms with Gasteiger partial charge >= 0.3 is 6.09 Å². The van der Waals surface area contributed by atoms with Gasteiger partial charge in [-0.1, -0.05) is 11.6 Å². The summed E-state index contributed by atoms with van der Waals surface area (Å²) in [4.78, 5) is 22.0. The molecule has 1 saturated heterocycles. The molecule has 1 aliphatic heterocycles. The lowest BCUT2D eigenvalue weighted by atomic mass is 10.1. The number of hydrogen-bond donors (Lipinski definition) is 0. The second-order valence-electron chi connectivity index (χ2n) is 6.37. The van der Waals surface area contributed by atoms with E-state index in [2.05, 4.69) is 9.97 Å². The maximum atomic E-state index is 12.0. The molecule has 1 aromatic heterocycles. The van der Waals surface area contributed by atoms with Crippen molar-refractivity contribution in [3.8, 4) is 5.88 Å². The minimum absolute atomic E-state index is 0.00626. The summed E-state index contributed by atoms with van der Waals surface area (Å²) in [6.45, 7) is 8.58. The van der Waals surface area contributed by atoms with Gasteiger partial charge in [-0.3, -0.25) is 4.98 Å². The molecule has 6 nitrogen and oxygen atoms in total. The molecule has 0 saturated carbocycles. The molecule has 0 atom stereocenters. The van der Waals surface area contributed by atoms with E-state index >= 15 is 0 Å². The maximum absolute atomic E-state index is 12.0. The Hall–Kier alpha value is -1.56. The number of aryl methyl sites for hydroxylation is 1. The summed E-state index contributed by atoms with van der Waals surface area (Å²) in [5.41, 5.74) is 0.201. The summed E-state index contributed by atoms with van der Waals surface area (Å²) in [7, 11) is 0. The molecule has 22 heavy (non-hydrogen) atoms. The van der Waals surface area contributed by atoms with Crippen LogP contribution in [0.2, 0.25) is 5.15 Å². The summed E-state index contributed by atoms with van der Waals surface area (Å²) < 4.78 is 11.1. The molecule has 122 valence electrons. The summed E-state index contributed by atoms with van der Waals surface area (Å²) >= 11 is 5.93. The third-order valence-corrected chi connectivity index (χ3v) is 3.61. The quantitative estimate of drug-likeness (QED) is 0.834. The Bertz CT molecular complexity index is 537. The van der Waals surface area contributed by atoms with Crippen LogP contribution in [0.4, 0.5) is 4.79 Å². The molecule has 0 aromatic carbocycles. The van der Waals surface area contributed by atoms with Crippen LogP contribution in [0.15, 0.2) is 6.20 Å². The molecule has 1 aromatic rings. The number of amides is 1. The van der Waals surface area contributed by atoms with Crippen LogP contribution in [-0.2, 0) is 4.74 Å². The third-order valence-electron chi connectivity index (χ3n) is 3.26. The van der Waals surface area contributed by atoms with Crippen LogP contribution >= 0.6 is 11.6 Å². The second-order valence-corrected chi connectivity index (χ2v) is 6.73. The van der Waals surface area contributed by atoms with Gasteiger partial charge in [-0.15, -0.1) is 0 Å². The molecular weight excluding hydrogens is 306 g/mol. The van der Waals surface area contributed by atoms with Gasteiger partial charge in [0.05, 0.1) is 11.9 Å². The highest BCUT2D eigenvalue weighted by Gasteiger charge is 2.27. The molecular formula is C15H22ClN3O3. The number of nitrogens with zero attached hydrogens (tertiary/aromatic N) is 3. The van der Waals surface area contributed by atoms with E-state index in [-0.39, 0.29) is 12.2 Å². The number of carbonyl (C=O) groups excluding carboxylic acids is 1.